The third-order valence-electron chi connectivity index (χ3n) is 7.45. The van der Waals surface area contributed by atoms with Crippen molar-refractivity contribution in [3.8, 4) is 23.1 Å². The molecule has 0 radical (unpaired) electrons. The lowest BCUT2D eigenvalue weighted by atomic mass is 10.1. The molecule has 27 heteroatoms. The molecule has 0 unspecified atom stereocenters. The lowest BCUT2D eigenvalue weighted by Crippen LogP contribution is -2.16. The number of hydrogen-bond donors (Lipinski definition) is 7. The summed E-state index contributed by atoms with van der Waals surface area (Å²) in [4.78, 5) is 9.97. The highest BCUT2D eigenvalue weighted by molar-refractivity contribution is 7.91. The molecule has 5 rings (SSSR count). The topological polar surface area (TPSA) is 372 Å². The Labute approximate surface area is 314 Å². The Bertz CT molecular complexity index is 2950. The van der Waals surface area contributed by atoms with E-state index in [4.69, 9.17) is 4.55 Å². The van der Waals surface area contributed by atoms with Gasteiger partial charge in [-0.2, -0.15) is 40.1 Å². The maximum absolute atomic E-state index is 12.7. The van der Waals surface area contributed by atoms with Crippen molar-refractivity contribution < 1.29 is 76.7 Å². The number of phenols is 2. The van der Waals surface area contributed by atoms with E-state index in [1.165, 1.54) is 19.1 Å². The van der Waals surface area contributed by atoms with Gasteiger partial charge in [0.2, 0.25) is 11.6 Å². The monoisotopic (exact) mass is 856 g/mol. The van der Waals surface area contributed by atoms with Crippen molar-refractivity contribution in [1.82, 2.24) is 9.78 Å². The van der Waals surface area contributed by atoms with Crippen LogP contribution in [0.2, 0.25) is 0 Å². The van der Waals surface area contributed by atoms with Crippen LogP contribution in [0.5, 0.6) is 17.4 Å². The maximum Gasteiger partial charge on any atom is 0.397 e. The van der Waals surface area contributed by atoms with E-state index < -0.39 is 114 Å². The molecule has 0 saturated heterocycles. The predicted octanol–water partition coefficient (Wildman–Crippen LogP) is 4.07. The molecule has 7 N–H and O–H groups in total. The fourth-order valence-corrected chi connectivity index (χ4v) is 7.81. The molecule has 0 aliphatic heterocycles. The number of hydrogen-bond acceptors (Lipinski definition) is 18. The second-order valence-electron chi connectivity index (χ2n) is 11.2. The van der Waals surface area contributed by atoms with Crippen LogP contribution in [0.1, 0.15) is 16.1 Å². The number of rotatable bonds is 13. The number of carbonyl (C=O) groups is 1. The Balaban J connectivity index is 1.53. The summed E-state index contributed by atoms with van der Waals surface area (Å²) in [6, 6.07) is 10.3. The Morgan fingerprint density at radius 3 is 2.00 bits per heavy atom. The molecular weight excluding hydrogens is 833 g/mol. The normalized spacial score (nSPS) is 12.9. The van der Waals surface area contributed by atoms with E-state index in [0.717, 1.165) is 48.5 Å². The number of aryl methyl sites for hydroxylation is 1. The number of aromatic nitrogens is 2. The number of aromatic hydroxyl groups is 3. The summed E-state index contributed by atoms with van der Waals surface area (Å²) >= 11 is 0. The van der Waals surface area contributed by atoms with Crippen molar-refractivity contribution in [1.29, 1.82) is 0 Å². The van der Waals surface area contributed by atoms with Crippen LogP contribution in [0.3, 0.4) is 0 Å². The Morgan fingerprint density at radius 1 is 0.768 bits per heavy atom. The standard InChI is InChI=1S/C29H24N6O17S4/c1-14-10-20(21(36)13-22(14)53(41,42)9-8-52-56(49,50)51)31-32-24-23(55(46,47)48)11-15-2-3-16(12-19(15)27(24)37)30-33-25-26(29(39)40)34-35(28(25)38)17-4-6-18(7-5-17)54(43,44)45/h2-7,10-13,36-38H,8-9H2,1H3,(H,39,40)(H,43,44,45)(H,46,47,48)(H,49,50,51)/b32-31?,33-30-. The number of benzene rings is 4. The fourth-order valence-electron chi connectivity index (χ4n) is 4.91. The molecule has 0 spiro atoms. The lowest BCUT2D eigenvalue weighted by Gasteiger charge is -2.11. The summed E-state index contributed by atoms with van der Waals surface area (Å²) < 4.78 is 127. The zero-order chi connectivity index (χ0) is 41.5. The van der Waals surface area contributed by atoms with Crippen LogP contribution >= 0.6 is 0 Å². The maximum atomic E-state index is 12.7. The molecule has 0 amide bonds. The number of carboxylic acid groups (broad SMARTS) is 1. The van der Waals surface area contributed by atoms with Crippen molar-refractivity contribution in [2.75, 3.05) is 12.4 Å². The van der Waals surface area contributed by atoms with E-state index in [1.54, 1.807) is 0 Å². The quantitative estimate of drug-likeness (QED) is 0.0648. The fraction of sp³-hybridized carbons (Fsp3) is 0.103. The van der Waals surface area contributed by atoms with Crippen molar-refractivity contribution in [3.05, 3.63) is 71.9 Å². The lowest BCUT2D eigenvalue weighted by molar-refractivity contribution is 0.0690. The van der Waals surface area contributed by atoms with Gasteiger partial charge in [-0.05, 0) is 66.4 Å². The van der Waals surface area contributed by atoms with Crippen LogP contribution in [0.25, 0.3) is 16.5 Å². The van der Waals surface area contributed by atoms with Crippen molar-refractivity contribution in [3.63, 3.8) is 0 Å². The van der Waals surface area contributed by atoms with E-state index in [2.05, 4.69) is 29.7 Å². The zero-order valence-corrected chi connectivity index (χ0v) is 31.0. The van der Waals surface area contributed by atoms with Crippen molar-refractivity contribution >= 4 is 80.0 Å². The largest absolute Gasteiger partial charge is 0.506 e. The first-order valence-electron chi connectivity index (χ1n) is 14.8. The molecule has 0 atom stereocenters. The second kappa shape index (κ2) is 15.0. The summed E-state index contributed by atoms with van der Waals surface area (Å²) in [6.45, 7) is 0.303. The average molecular weight is 857 g/mol. The first-order chi connectivity index (χ1) is 25.9. The van der Waals surface area contributed by atoms with Crippen LogP contribution in [0, 0.1) is 6.92 Å². The minimum Gasteiger partial charge on any atom is -0.506 e. The van der Waals surface area contributed by atoms with Gasteiger partial charge in [0.25, 0.3) is 20.2 Å². The van der Waals surface area contributed by atoms with E-state index in [-0.39, 0.29) is 27.7 Å². The van der Waals surface area contributed by atoms with Gasteiger partial charge >= 0.3 is 16.4 Å². The smallest absolute Gasteiger partial charge is 0.397 e. The molecule has 5 aromatic rings. The van der Waals surface area contributed by atoms with Crippen molar-refractivity contribution in [2.45, 2.75) is 21.6 Å². The predicted molar refractivity (Wildman–Crippen MR) is 188 cm³/mol. The van der Waals surface area contributed by atoms with Crippen LogP contribution in [0.4, 0.5) is 22.7 Å². The van der Waals surface area contributed by atoms with Crippen LogP contribution in [-0.4, -0.2) is 95.9 Å². The molecule has 296 valence electrons. The first kappa shape index (κ1) is 41.2. The molecule has 0 aliphatic rings. The van der Waals surface area contributed by atoms with Crippen LogP contribution < -0.4 is 0 Å². The second-order valence-corrected chi connectivity index (χ2v) is 17.2. The summed E-state index contributed by atoms with van der Waals surface area (Å²) in [5.41, 5.74) is -3.03. The number of azo groups is 2. The summed E-state index contributed by atoms with van der Waals surface area (Å²) in [6.07, 6.45) is 0. The molecule has 4 aromatic carbocycles. The third kappa shape index (κ3) is 8.95. The van der Waals surface area contributed by atoms with Gasteiger partial charge in [0, 0.05) is 11.5 Å². The van der Waals surface area contributed by atoms with Gasteiger partial charge in [-0.15, -0.1) is 15.3 Å². The Hall–Kier alpha value is -5.94. The number of sulfone groups is 1. The number of aromatic carboxylic acids is 1. The van der Waals surface area contributed by atoms with Gasteiger partial charge in [-0.1, -0.05) is 6.07 Å². The summed E-state index contributed by atoms with van der Waals surface area (Å²) in [5, 5.41) is 60.7. The summed E-state index contributed by atoms with van der Waals surface area (Å²) in [7, 11) is -18.9. The van der Waals surface area contributed by atoms with E-state index in [9.17, 15) is 68.0 Å². The highest BCUT2D eigenvalue weighted by Crippen LogP contribution is 2.44. The Morgan fingerprint density at radius 2 is 1.41 bits per heavy atom. The molecule has 1 heterocycles. The minimum atomic E-state index is -5.12. The van der Waals surface area contributed by atoms with Crippen molar-refractivity contribution in [2.24, 2.45) is 20.5 Å². The van der Waals surface area contributed by atoms with Gasteiger partial charge in [0.05, 0.1) is 33.5 Å². The Kier molecular flexibility index (Phi) is 11.0. The van der Waals surface area contributed by atoms with Gasteiger partial charge < -0.3 is 20.4 Å². The van der Waals surface area contributed by atoms with Crippen LogP contribution in [-0.2, 0) is 44.7 Å². The molecule has 56 heavy (non-hydrogen) atoms. The number of phenolic OH excluding ortho intramolecular Hbond substituents is 2. The first-order valence-corrected chi connectivity index (χ1v) is 20.7. The minimum absolute atomic E-state index is 0.0190. The van der Waals surface area contributed by atoms with Gasteiger partial charge in [0.1, 0.15) is 22.0 Å². The average Bonchev–Trinajstić information content (AvgIpc) is 3.42. The molecular formula is C29H24N6O17S4. The molecule has 0 aliphatic carbocycles. The summed E-state index contributed by atoms with van der Waals surface area (Å²) in [5.74, 6) is -5.19. The van der Waals surface area contributed by atoms with E-state index in [0.29, 0.717) is 4.68 Å². The molecule has 0 bridgehead atoms. The van der Waals surface area contributed by atoms with E-state index in [1.807, 2.05) is 0 Å². The number of nitrogens with zero attached hydrogens (tertiary/aromatic N) is 6. The highest BCUT2D eigenvalue weighted by atomic mass is 32.3. The number of fused-ring (bicyclic) bond motifs is 1. The van der Waals surface area contributed by atoms with Crippen LogP contribution in [0.15, 0.2) is 95.8 Å². The molecule has 1 aromatic heterocycles. The number of carboxylic acids is 1. The van der Waals surface area contributed by atoms with Gasteiger partial charge in [-0.3, -0.25) is 13.7 Å². The molecule has 0 saturated carbocycles. The van der Waals surface area contributed by atoms with Gasteiger partial charge in [-0.25, -0.2) is 17.4 Å². The zero-order valence-electron chi connectivity index (χ0n) is 27.7. The molecule has 0 fully saturated rings. The third-order valence-corrected chi connectivity index (χ3v) is 11.5. The van der Waals surface area contributed by atoms with Gasteiger partial charge in [0.15, 0.2) is 21.3 Å². The highest BCUT2D eigenvalue weighted by Gasteiger charge is 2.26. The molecule has 23 nitrogen and oxygen atoms in total. The SMILES string of the molecule is Cc1cc(N=Nc2c(S(=O)(=O)O)cc3ccc(/N=N\c4c(C(=O)O)nn(-c5ccc(S(=O)(=O)O)cc5)c4O)cc3c2O)c(O)cc1S(=O)(=O)CCOS(=O)(=O)O. The van der Waals surface area contributed by atoms with E-state index >= 15 is 0 Å².